The Morgan fingerprint density at radius 2 is 1.64 bits per heavy atom. The second kappa shape index (κ2) is 6.01. The lowest BCUT2D eigenvalue weighted by Crippen LogP contribution is -1.97. The highest BCUT2D eigenvalue weighted by atomic mass is 32.1. The van der Waals surface area contributed by atoms with Crippen LogP contribution in [0.1, 0.15) is 0 Å². The second-order valence-corrected chi connectivity index (χ2v) is 7.71. The van der Waals surface area contributed by atoms with Crippen molar-refractivity contribution in [1.82, 2.24) is 14.5 Å². The molecule has 0 unspecified atom stereocenters. The van der Waals surface area contributed by atoms with E-state index in [2.05, 4.69) is 69.5 Å². The standard InChI is InChI=1S/C24H15N3S/c1-2-4-20-19(3-1)23-21(7-5-17-11-14-28-24(17)23)27(20)22-8-6-18(15-26-22)16-9-12-25-13-10-16/h1-15H. The fourth-order valence-corrected chi connectivity index (χ4v) is 4.91. The first-order chi connectivity index (χ1) is 13.9. The summed E-state index contributed by atoms with van der Waals surface area (Å²) in [4.78, 5) is 8.91. The summed E-state index contributed by atoms with van der Waals surface area (Å²) in [6.07, 6.45) is 5.56. The monoisotopic (exact) mass is 377 g/mol. The first-order valence-corrected chi connectivity index (χ1v) is 10.0. The lowest BCUT2D eigenvalue weighted by atomic mass is 10.1. The molecule has 132 valence electrons. The summed E-state index contributed by atoms with van der Waals surface area (Å²) >= 11 is 1.80. The number of pyridine rings is 2. The van der Waals surface area contributed by atoms with Crippen molar-refractivity contribution in [2.24, 2.45) is 0 Å². The Kier molecular flexibility index (Phi) is 3.34. The third-order valence-electron chi connectivity index (χ3n) is 5.25. The molecule has 0 aliphatic rings. The van der Waals surface area contributed by atoms with Gasteiger partial charge in [0.15, 0.2) is 0 Å². The first kappa shape index (κ1) is 15.5. The summed E-state index contributed by atoms with van der Waals surface area (Å²) in [6.45, 7) is 0. The van der Waals surface area contributed by atoms with E-state index in [9.17, 15) is 0 Å². The van der Waals surface area contributed by atoms with Crippen molar-refractivity contribution in [3.05, 3.63) is 90.7 Å². The number of aromatic nitrogens is 3. The van der Waals surface area contributed by atoms with Crippen molar-refractivity contribution in [3.63, 3.8) is 0 Å². The molecule has 0 atom stereocenters. The fraction of sp³-hybridized carbons (Fsp3) is 0. The second-order valence-electron chi connectivity index (χ2n) is 6.79. The number of hydrogen-bond acceptors (Lipinski definition) is 3. The van der Waals surface area contributed by atoms with Gasteiger partial charge < -0.3 is 0 Å². The van der Waals surface area contributed by atoms with Crippen LogP contribution in [0.15, 0.2) is 90.7 Å². The molecule has 0 fully saturated rings. The molecule has 0 N–H and O–H groups in total. The highest BCUT2D eigenvalue weighted by Gasteiger charge is 2.15. The van der Waals surface area contributed by atoms with Crippen molar-refractivity contribution in [2.45, 2.75) is 0 Å². The molecule has 6 aromatic rings. The average Bonchev–Trinajstić information content (AvgIpc) is 3.36. The Morgan fingerprint density at radius 1 is 0.750 bits per heavy atom. The maximum atomic E-state index is 4.81. The predicted octanol–water partition coefficient (Wildman–Crippen LogP) is 6.46. The van der Waals surface area contributed by atoms with E-state index in [1.165, 1.54) is 31.9 Å². The number of benzene rings is 2. The highest BCUT2D eigenvalue weighted by Crippen LogP contribution is 2.38. The van der Waals surface area contributed by atoms with Gasteiger partial charge in [0.2, 0.25) is 0 Å². The molecule has 0 radical (unpaired) electrons. The smallest absolute Gasteiger partial charge is 0.137 e. The van der Waals surface area contributed by atoms with Crippen LogP contribution in [0.5, 0.6) is 0 Å². The Balaban J connectivity index is 1.63. The van der Waals surface area contributed by atoms with Crippen molar-refractivity contribution in [3.8, 4) is 16.9 Å². The van der Waals surface area contributed by atoms with E-state index in [0.29, 0.717) is 0 Å². The zero-order valence-electron chi connectivity index (χ0n) is 14.9. The number of nitrogens with zero attached hydrogens (tertiary/aromatic N) is 3. The molecular weight excluding hydrogens is 362 g/mol. The summed E-state index contributed by atoms with van der Waals surface area (Å²) in [5.41, 5.74) is 4.59. The van der Waals surface area contributed by atoms with Crippen LogP contribution in [-0.4, -0.2) is 14.5 Å². The maximum Gasteiger partial charge on any atom is 0.137 e. The van der Waals surface area contributed by atoms with Gasteiger partial charge in [-0.2, -0.15) is 0 Å². The van der Waals surface area contributed by atoms with Crippen LogP contribution in [0, 0.1) is 0 Å². The summed E-state index contributed by atoms with van der Waals surface area (Å²) < 4.78 is 3.60. The summed E-state index contributed by atoms with van der Waals surface area (Å²) in [5, 5.41) is 6.04. The Labute approximate surface area is 165 Å². The van der Waals surface area contributed by atoms with Gasteiger partial charge in [0.1, 0.15) is 5.82 Å². The van der Waals surface area contributed by atoms with E-state index < -0.39 is 0 Å². The molecule has 0 saturated carbocycles. The zero-order valence-corrected chi connectivity index (χ0v) is 15.7. The molecule has 0 bridgehead atoms. The molecule has 4 aromatic heterocycles. The zero-order chi connectivity index (χ0) is 18.5. The van der Waals surface area contributed by atoms with E-state index in [-0.39, 0.29) is 0 Å². The number of thiophene rings is 1. The molecule has 0 spiro atoms. The Bertz CT molecular complexity index is 1440. The lowest BCUT2D eigenvalue weighted by Gasteiger charge is -2.08. The molecule has 28 heavy (non-hydrogen) atoms. The Hall–Kier alpha value is -3.50. The highest BCUT2D eigenvalue weighted by molar-refractivity contribution is 7.18. The number of hydrogen-bond donors (Lipinski definition) is 0. The molecule has 3 nitrogen and oxygen atoms in total. The Morgan fingerprint density at radius 3 is 2.50 bits per heavy atom. The third kappa shape index (κ3) is 2.22. The van der Waals surface area contributed by atoms with Gasteiger partial charge in [-0.3, -0.25) is 9.55 Å². The van der Waals surface area contributed by atoms with Crippen molar-refractivity contribution >= 4 is 43.2 Å². The average molecular weight is 377 g/mol. The summed E-state index contributed by atoms with van der Waals surface area (Å²) in [6, 6.07) is 23.4. The maximum absolute atomic E-state index is 4.81. The van der Waals surface area contributed by atoms with Gasteiger partial charge in [-0.25, -0.2) is 4.98 Å². The van der Waals surface area contributed by atoms with Crippen LogP contribution in [0.25, 0.3) is 48.8 Å². The first-order valence-electron chi connectivity index (χ1n) is 9.16. The minimum atomic E-state index is 0.930. The topological polar surface area (TPSA) is 30.7 Å². The lowest BCUT2D eigenvalue weighted by molar-refractivity contribution is 1.08. The molecule has 0 aliphatic heterocycles. The molecular formula is C24H15N3S. The number of rotatable bonds is 2. The molecule has 2 aromatic carbocycles. The molecule has 4 heterocycles. The predicted molar refractivity (Wildman–Crippen MR) is 117 cm³/mol. The largest absolute Gasteiger partial charge is 0.294 e. The van der Waals surface area contributed by atoms with E-state index in [1.807, 2.05) is 30.7 Å². The van der Waals surface area contributed by atoms with E-state index >= 15 is 0 Å². The molecule has 0 amide bonds. The number of fused-ring (bicyclic) bond motifs is 5. The van der Waals surface area contributed by atoms with Gasteiger partial charge in [0.25, 0.3) is 0 Å². The van der Waals surface area contributed by atoms with Gasteiger partial charge >= 0.3 is 0 Å². The van der Waals surface area contributed by atoms with Gasteiger partial charge in [0, 0.05) is 39.6 Å². The van der Waals surface area contributed by atoms with Crippen molar-refractivity contribution < 1.29 is 0 Å². The van der Waals surface area contributed by atoms with E-state index in [4.69, 9.17) is 4.98 Å². The van der Waals surface area contributed by atoms with Crippen LogP contribution in [-0.2, 0) is 0 Å². The van der Waals surface area contributed by atoms with Crippen molar-refractivity contribution in [1.29, 1.82) is 0 Å². The SMILES string of the molecule is c1ccc2c(c1)c1c3sccc3ccc1n2-c1ccc(-c2ccncc2)cn1. The van der Waals surface area contributed by atoms with Crippen LogP contribution >= 0.6 is 11.3 Å². The van der Waals surface area contributed by atoms with Crippen LogP contribution in [0.2, 0.25) is 0 Å². The minimum absolute atomic E-state index is 0.930. The quantitative estimate of drug-likeness (QED) is 0.347. The van der Waals surface area contributed by atoms with Crippen LogP contribution < -0.4 is 0 Å². The molecule has 0 saturated heterocycles. The third-order valence-corrected chi connectivity index (χ3v) is 6.19. The van der Waals surface area contributed by atoms with Gasteiger partial charge in [0.05, 0.1) is 11.0 Å². The normalized spacial score (nSPS) is 11.6. The van der Waals surface area contributed by atoms with Crippen molar-refractivity contribution in [2.75, 3.05) is 0 Å². The van der Waals surface area contributed by atoms with Crippen LogP contribution in [0.4, 0.5) is 0 Å². The van der Waals surface area contributed by atoms with E-state index in [1.54, 1.807) is 11.3 Å². The summed E-state index contributed by atoms with van der Waals surface area (Å²) in [7, 11) is 0. The van der Waals surface area contributed by atoms with Gasteiger partial charge in [-0.15, -0.1) is 11.3 Å². The van der Waals surface area contributed by atoms with E-state index in [0.717, 1.165) is 16.9 Å². The fourth-order valence-electron chi connectivity index (χ4n) is 3.96. The van der Waals surface area contributed by atoms with Gasteiger partial charge in [-0.05, 0) is 58.8 Å². The van der Waals surface area contributed by atoms with Crippen LogP contribution in [0.3, 0.4) is 0 Å². The van der Waals surface area contributed by atoms with Gasteiger partial charge in [-0.1, -0.05) is 24.3 Å². The molecule has 0 aliphatic carbocycles. The summed E-state index contributed by atoms with van der Waals surface area (Å²) in [5.74, 6) is 0.930. The molecule has 4 heteroatoms. The minimum Gasteiger partial charge on any atom is -0.294 e. The molecule has 6 rings (SSSR count). The number of para-hydroxylation sites is 1.